The fraction of sp³-hybridized carbons (Fsp3) is 0.538. The molecule has 90 valence electrons. The first-order valence-electron chi connectivity index (χ1n) is 5.76. The molecule has 0 aromatic heterocycles. The van der Waals surface area contributed by atoms with Crippen LogP contribution >= 0.6 is 11.8 Å². The lowest BCUT2D eigenvalue weighted by atomic mass is 10.1. The van der Waals surface area contributed by atoms with Crippen LogP contribution in [0, 0.1) is 5.92 Å². The molecule has 1 rings (SSSR count). The number of anilines is 1. The van der Waals surface area contributed by atoms with Crippen LogP contribution in [0.3, 0.4) is 0 Å². The van der Waals surface area contributed by atoms with Gasteiger partial charge < -0.3 is 10.6 Å². The number of hydrogen-bond donors (Lipinski definition) is 1. The Morgan fingerprint density at radius 2 is 1.94 bits per heavy atom. The molecule has 0 saturated heterocycles. The summed E-state index contributed by atoms with van der Waals surface area (Å²) in [5.74, 6) is 0.588. The van der Waals surface area contributed by atoms with Crippen LogP contribution in [0.1, 0.15) is 13.3 Å². The molecule has 1 unspecified atom stereocenters. The first kappa shape index (κ1) is 13.4. The third-order valence-electron chi connectivity index (χ3n) is 2.96. The van der Waals surface area contributed by atoms with E-state index in [2.05, 4.69) is 49.4 Å². The molecule has 0 fully saturated rings. The summed E-state index contributed by atoms with van der Waals surface area (Å²) in [5.41, 5.74) is 6.99. The predicted molar refractivity (Wildman–Crippen MR) is 74.3 cm³/mol. The van der Waals surface area contributed by atoms with Gasteiger partial charge in [-0.05, 0) is 43.0 Å². The molecule has 0 amide bonds. The van der Waals surface area contributed by atoms with E-state index in [1.54, 1.807) is 11.8 Å². The van der Waals surface area contributed by atoms with Gasteiger partial charge in [-0.3, -0.25) is 0 Å². The van der Waals surface area contributed by atoms with Crippen molar-refractivity contribution < 1.29 is 0 Å². The van der Waals surface area contributed by atoms with Gasteiger partial charge in [-0.25, -0.2) is 0 Å². The summed E-state index contributed by atoms with van der Waals surface area (Å²) in [4.78, 5) is 3.59. The van der Waals surface area contributed by atoms with Gasteiger partial charge in [-0.15, -0.1) is 11.8 Å². The maximum absolute atomic E-state index is 5.73. The van der Waals surface area contributed by atoms with Crippen molar-refractivity contribution in [1.29, 1.82) is 0 Å². The smallest absolute Gasteiger partial charge is 0.0364 e. The van der Waals surface area contributed by atoms with E-state index in [4.69, 9.17) is 5.73 Å². The normalized spacial score (nSPS) is 12.5. The van der Waals surface area contributed by atoms with Gasteiger partial charge in [0.15, 0.2) is 0 Å². The minimum atomic E-state index is 0.588. The van der Waals surface area contributed by atoms with Crippen molar-refractivity contribution in [1.82, 2.24) is 0 Å². The van der Waals surface area contributed by atoms with Crippen LogP contribution in [-0.4, -0.2) is 26.4 Å². The Bertz CT molecular complexity index is 293. The largest absolute Gasteiger partial charge is 0.374 e. The average molecular weight is 238 g/mol. The highest BCUT2D eigenvalue weighted by atomic mass is 32.2. The van der Waals surface area contributed by atoms with Crippen LogP contribution in [0.5, 0.6) is 0 Å². The van der Waals surface area contributed by atoms with Crippen molar-refractivity contribution in [2.75, 3.05) is 31.3 Å². The lowest BCUT2D eigenvalue weighted by Crippen LogP contribution is -2.29. The van der Waals surface area contributed by atoms with Crippen molar-refractivity contribution in [3.8, 4) is 0 Å². The molecule has 1 aromatic rings. The quantitative estimate of drug-likeness (QED) is 0.773. The highest BCUT2D eigenvalue weighted by molar-refractivity contribution is 7.98. The zero-order valence-electron chi connectivity index (χ0n) is 10.4. The van der Waals surface area contributed by atoms with Crippen molar-refractivity contribution in [3.63, 3.8) is 0 Å². The summed E-state index contributed by atoms with van der Waals surface area (Å²) in [6, 6.07) is 8.68. The first-order valence-corrected chi connectivity index (χ1v) is 6.99. The molecular weight excluding hydrogens is 216 g/mol. The molecule has 2 nitrogen and oxygen atoms in total. The van der Waals surface area contributed by atoms with E-state index >= 15 is 0 Å². The van der Waals surface area contributed by atoms with Gasteiger partial charge >= 0.3 is 0 Å². The Morgan fingerprint density at radius 1 is 1.31 bits per heavy atom. The number of nitrogens with zero attached hydrogens (tertiary/aromatic N) is 1. The first-order chi connectivity index (χ1) is 7.71. The lowest BCUT2D eigenvalue weighted by molar-refractivity contribution is 0.521. The Hall–Kier alpha value is -0.670. The minimum absolute atomic E-state index is 0.588. The molecule has 0 radical (unpaired) electrons. The molecule has 0 aliphatic heterocycles. The number of hydrogen-bond acceptors (Lipinski definition) is 3. The number of benzene rings is 1. The van der Waals surface area contributed by atoms with Gasteiger partial charge in [0.05, 0.1) is 0 Å². The van der Waals surface area contributed by atoms with E-state index in [-0.39, 0.29) is 0 Å². The van der Waals surface area contributed by atoms with Gasteiger partial charge in [0, 0.05) is 24.2 Å². The van der Waals surface area contributed by atoms with E-state index < -0.39 is 0 Å². The van der Waals surface area contributed by atoms with Crippen LogP contribution in [0.15, 0.2) is 29.2 Å². The average Bonchev–Trinajstić information content (AvgIpc) is 2.35. The molecule has 0 heterocycles. The van der Waals surface area contributed by atoms with Crippen molar-refractivity contribution >= 4 is 17.4 Å². The Morgan fingerprint density at radius 3 is 2.38 bits per heavy atom. The Labute approximate surface area is 103 Å². The minimum Gasteiger partial charge on any atom is -0.374 e. The molecule has 3 heteroatoms. The summed E-state index contributed by atoms with van der Waals surface area (Å²) >= 11 is 1.77. The number of thioether (sulfide) groups is 1. The summed E-state index contributed by atoms with van der Waals surface area (Å²) in [7, 11) is 2.13. The highest BCUT2D eigenvalue weighted by Crippen LogP contribution is 2.20. The van der Waals surface area contributed by atoms with E-state index in [1.165, 1.54) is 10.6 Å². The summed E-state index contributed by atoms with van der Waals surface area (Å²) in [5, 5.41) is 0. The summed E-state index contributed by atoms with van der Waals surface area (Å²) in [6.07, 6.45) is 3.24. The van der Waals surface area contributed by atoms with Crippen LogP contribution in [0.25, 0.3) is 0 Å². The molecule has 2 N–H and O–H groups in total. The lowest BCUT2D eigenvalue weighted by Gasteiger charge is -2.24. The zero-order chi connectivity index (χ0) is 12.0. The highest BCUT2D eigenvalue weighted by Gasteiger charge is 2.08. The van der Waals surface area contributed by atoms with E-state index in [0.717, 1.165) is 19.5 Å². The van der Waals surface area contributed by atoms with Crippen LogP contribution < -0.4 is 10.6 Å². The molecule has 0 bridgehead atoms. The monoisotopic (exact) mass is 238 g/mol. The van der Waals surface area contributed by atoms with Crippen molar-refractivity contribution in [2.24, 2.45) is 11.7 Å². The number of nitrogens with two attached hydrogens (primary N) is 1. The molecule has 0 aliphatic rings. The fourth-order valence-corrected chi connectivity index (χ4v) is 2.11. The Balaban J connectivity index is 2.61. The second-order valence-electron chi connectivity index (χ2n) is 4.09. The molecule has 1 aromatic carbocycles. The standard InChI is InChI=1S/C13H22N2S/c1-4-11(9-14)10-15(2)12-5-7-13(16-3)8-6-12/h5-8,11H,4,9-10,14H2,1-3H3. The van der Waals surface area contributed by atoms with Crippen LogP contribution in [-0.2, 0) is 0 Å². The zero-order valence-corrected chi connectivity index (χ0v) is 11.3. The van der Waals surface area contributed by atoms with Gasteiger partial charge in [-0.2, -0.15) is 0 Å². The molecule has 16 heavy (non-hydrogen) atoms. The van der Waals surface area contributed by atoms with Gasteiger partial charge in [0.2, 0.25) is 0 Å². The van der Waals surface area contributed by atoms with E-state index in [1.807, 2.05) is 0 Å². The van der Waals surface area contributed by atoms with Crippen molar-refractivity contribution in [2.45, 2.75) is 18.2 Å². The molecule has 0 aliphatic carbocycles. The van der Waals surface area contributed by atoms with Crippen molar-refractivity contribution in [3.05, 3.63) is 24.3 Å². The SMILES string of the molecule is CCC(CN)CN(C)c1ccc(SC)cc1. The van der Waals surface area contributed by atoms with Crippen LogP contribution in [0.2, 0.25) is 0 Å². The summed E-state index contributed by atoms with van der Waals surface area (Å²) < 4.78 is 0. The van der Waals surface area contributed by atoms with Gasteiger partial charge in [0.25, 0.3) is 0 Å². The fourth-order valence-electron chi connectivity index (χ4n) is 1.70. The predicted octanol–water partition coefficient (Wildman–Crippen LogP) is 2.83. The summed E-state index contributed by atoms with van der Waals surface area (Å²) in [6.45, 7) is 4.00. The van der Waals surface area contributed by atoms with Gasteiger partial charge in [-0.1, -0.05) is 13.3 Å². The molecule has 0 saturated carbocycles. The second kappa shape index (κ2) is 6.81. The van der Waals surface area contributed by atoms with E-state index in [9.17, 15) is 0 Å². The third-order valence-corrected chi connectivity index (χ3v) is 3.70. The molecule has 1 atom stereocenters. The second-order valence-corrected chi connectivity index (χ2v) is 4.97. The molecular formula is C13H22N2S. The maximum atomic E-state index is 5.73. The van der Waals surface area contributed by atoms with Crippen LogP contribution in [0.4, 0.5) is 5.69 Å². The van der Waals surface area contributed by atoms with Gasteiger partial charge in [0.1, 0.15) is 0 Å². The number of rotatable bonds is 6. The Kier molecular flexibility index (Phi) is 5.71. The topological polar surface area (TPSA) is 29.3 Å². The van der Waals surface area contributed by atoms with E-state index in [0.29, 0.717) is 5.92 Å². The third kappa shape index (κ3) is 3.72. The maximum Gasteiger partial charge on any atom is 0.0364 e. The molecule has 0 spiro atoms.